The van der Waals surface area contributed by atoms with Gasteiger partial charge in [0.1, 0.15) is 5.75 Å². The molecule has 5 heteroatoms. The van der Waals surface area contributed by atoms with Crippen molar-refractivity contribution >= 4 is 7.60 Å². The van der Waals surface area contributed by atoms with E-state index in [-0.39, 0.29) is 11.9 Å². The second-order valence-corrected chi connectivity index (χ2v) is 6.90. The Morgan fingerprint density at radius 3 is 1.77 bits per heavy atom. The Kier molecular flexibility index (Phi) is 5.78. The van der Waals surface area contributed by atoms with Crippen molar-refractivity contribution in [3.05, 3.63) is 54.1 Å². The molecule has 2 rings (SSSR count). The van der Waals surface area contributed by atoms with Crippen molar-refractivity contribution in [2.45, 2.75) is 20.0 Å². The molecule has 0 aliphatic rings. The summed E-state index contributed by atoms with van der Waals surface area (Å²) in [5, 5.41) is 9.32. The van der Waals surface area contributed by atoms with Crippen LogP contribution in [0, 0.1) is 0 Å². The third-order valence-electron chi connectivity index (χ3n) is 3.18. The molecule has 0 aliphatic carbocycles. The van der Waals surface area contributed by atoms with E-state index in [0.29, 0.717) is 13.2 Å². The second-order valence-electron chi connectivity index (χ2n) is 4.85. The number of hydrogen-bond acceptors (Lipinski definition) is 4. The molecule has 2 aromatic rings. The maximum Gasteiger partial charge on any atom is 0.335 e. The van der Waals surface area contributed by atoms with Crippen LogP contribution in [0.1, 0.15) is 19.4 Å². The molecule has 0 spiro atoms. The Balaban J connectivity index is 2.14. The van der Waals surface area contributed by atoms with E-state index in [1.54, 1.807) is 26.0 Å². The molecule has 0 fully saturated rings. The first kappa shape index (κ1) is 16.8. The number of hydrogen-bond donors (Lipinski definition) is 1. The molecule has 1 N–H and O–H groups in total. The zero-order valence-electron chi connectivity index (χ0n) is 12.9. The van der Waals surface area contributed by atoms with Crippen molar-refractivity contribution in [1.29, 1.82) is 0 Å². The third kappa shape index (κ3) is 4.44. The molecule has 22 heavy (non-hydrogen) atoms. The molecule has 0 heterocycles. The summed E-state index contributed by atoms with van der Waals surface area (Å²) in [5.74, 6) is 0.245. The second kappa shape index (κ2) is 7.59. The van der Waals surface area contributed by atoms with Crippen LogP contribution in [-0.4, -0.2) is 18.3 Å². The van der Waals surface area contributed by atoms with Gasteiger partial charge in [-0.1, -0.05) is 36.4 Å². The van der Waals surface area contributed by atoms with Crippen molar-refractivity contribution in [2.24, 2.45) is 0 Å². The molecule has 118 valence electrons. The van der Waals surface area contributed by atoms with E-state index >= 15 is 0 Å². The molecule has 0 saturated heterocycles. The van der Waals surface area contributed by atoms with Crippen LogP contribution in [0.25, 0.3) is 11.1 Å². The largest absolute Gasteiger partial charge is 0.508 e. The monoisotopic (exact) mass is 320 g/mol. The van der Waals surface area contributed by atoms with E-state index in [9.17, 15) is 9.67 Å². The van der Waals surface area contributed by atoms with Gasteiger partial charge in [0, 0.05) is 0 Å². The number of phenols is 1. The van der Waals surface area contributed by atoms with Gasteiger partial charge in [0.05, 0.1) is 19.4 Å². The highest BCUT2D eigenvalue weighted by molar-refractivity contribution is 7.53. The summed E-state index contributed by atoms with van der Waals surface area (Å²) in [7, 11) is -3.07. The lowest BCUT2D eigenvalue weighted by Crippen LogP contribution is -1.99. The van der Waals surface area contributed by atoms with Gasteiger partial charge in [-0.15, -0.1) is 0 Å². The first-order chi connectivity index (χ1) is 10.6. The van der Waals surface area contributed by atoms with Crippen LogP contribution in [0.3, 0.4) is 0 Å². The molecule has 0 unspecified atom stereocenters. The fourth-order valence-electron chi connectivity index (χ4n) is 2.20. The lowest BCUT2D eigenvalue weighted by Gasteiger charge is -2.17. The minimum atomic E-state index is -3.07. The Morgan fingerprint density at radius 2 is 1.32 bits per heavy atom. The summed E-state index contributed by atoms with van der Waals surface area (Å²) in [5.41, 5.74) is 2.96. The van der Waals surface area contributed by atoms with E-state index in [1.807, 2.05) is 36.4 Å². The molecule has 0 aliphatic heterocycles. The zero-order chi connectivity index (χ0) is 16.0. The Labute approximate surface area is 131 Å². The summed E-state index contributed by atoms with van der Waals surface area (Å²) >= 11 is 0. The van der Waals surface area contributed by atoms with Crippen LogP contribution >= 0.6 is 7.60 Å². The van der Waals surface area contributed by atoms with Crippen molar-refractivity contribution in [3.63, 3.8) is 0 Å². The predicted octanol–water partition coefficient (Wildman–Crippen LogP) is 4.83. The molecule has 0 bridgehead atoms. The van der Waals surface area contributed by atoms with Gasteiger partial charge < -0.3 is 14.2 Å². The van der Waals surface area contributed by atoms with Crippen molar-refractivity contribution in [2.75, 3.05) is 13.2 Å². The first-order valence-corrected chi connectivity index (χ1v) is 9.05. The van der Waals surface area contributed by atoms with Gasteiger partial charge in [0.15, 0.2) is 0 Å². The smallest absolute Gasteiger partial charge is 0.335 e. The summed E-state index contributed by atoms with van der Waals surface area (Å²) in [6.45, 7) is 4.34. The van der Waals surface area contributed by atoms with E-state index in [1.165, 1.54) is 0 Å². The van der Waals surface area contributed by atoms with Gasteiger partial charge >= 0.3 is 7.60 Å². The number of aromatic hydroxyl groups is 1. The lowest BCUT2D eigenvalue weighted by molar-refractivity contribution is 0.219. The highest BCUT2D eigenvalue weighted by Gasteiger charge is 2.23. The molecular weight excluding hydrogens is 299 g/mol. The van der Waals surface area contributed by atoms with Gasteiger partial charge in [0.2, 0.25) is 0 Å². The van der Waals surface area contributed by atoms with Crippen molar-refractivity contribution in [3.8, 4) is 16.9 Å². The molecule has 0 atom stereocenters. The van der Waals surface area contributed by atoms with Crippen LogP contribution in [0.15, 0.2) is 48.5 Å². The van der Waals surface area contributed by atoms with Crippen LogP contribution in [0.4, 0.5) is 0 Å². The molecule has 0 saturated carbocycles. The minimum Gasteiger partial charge on any atom is -0.508 e. The number of benzene rings is 2. The fourth-order valence-corrected chi connectivity index (χ4v) is 3.90. The topological polar surface area (TPSA) is 55.8 Å². The van der Waals surface area contributed by atoms with Gasteiger partial charge in [0.25, 0.3) is 0 Å². The summed E-state index contributed by atoms with van der Waals surface area (Å²) in [6.07, 6.45) is 0.268. The van der Waals surface area contributed by atoms with Crippen molar-refractivity contribution < 1.29 is 18.7 Å². The molecule has 2 aromatic carbocycles. The quantitative estimate of drug-likeness (QED) is 0.743. The van der Waals surface area contributed by atoms with E-state index in [2.05, 4.69) is 0 Å². The number of phenolic OH excluding ortho intramolecular Hbond substituents is 1. The average Bonchev–Trinajstić information content (AvgIpc) is 2.49. The van der Waals surface area contributed by atoms with E-state index in [0.717, 1.165) is 16.7 Å². The molecule has 0 amide bonds. The highest BCUT2D eigenvalue weighted by Crippen LogP contribution is 2.51. The zero-order valence-corrected chi connectivity index (χ0v) is 13.8. The molecular formula is C17H21O4P. The molecule has 4 nitrogen and oxygen atoms in total. The third-order valence-corrected chi connectivity index (χ3v) is 5.24. The van der Waals surface area contributed by atoms with Gasteiger partial charge in [-0.3, -0.25) is 4.57 Å². The van der Waals surface area contributed by atoms with Crippen molar-refractivity contribution in [1.82, 2.24) is 0 Å². The maximum absolute atomic E-state index is 12.5. The van der Waals surface area contributed by atoms with Gasteiger partial charge in [-0.2, -0.15) is 0 Å². The molecule has 0 aromatic heterocycles. The minimum absolute atomic E-state index is 0.245. The Hall–Kier alpha value is -1.61. The standard InChI is InChI=1S/C17H21O4P/c1-3-20-22(19,21-4-2)13-14-5-7-15(8-6-14)16-9-11-17(18)12-10-16/h5-12,18H,3-4,13H2,1-2H3. The van der Waals surface area contributed by atoms with E-state index in [4.69, 9.17) is 9.05 Å². The molecule has 0 radical (unpaired) electrons. The highest BCUT2D eigenvalue weighted by atomic mass is 31.2. The Morgan fingerprint density at radius 1 is 0.864 bits per heavy atom. The van der Waals surface area contributed by atoms with Crippen LogP contribution in [-0.2, 0) is 19.8 Å². The van der Waals surface area contributed by atoms with Gasteiger partial charge in [-0.25, -0.2) is 0 Å². The van der Waals surface area contributed by atoms with Gasteiger partial charge in [-0.05, 0) is 42.7 Å². The summed E-state index contributed by atoms with van der Waals surface area (Å²) in [4.78, 5) is 0. The number of rotatable bonds is 7. The average molecular weight is 320 g/mol. The predicted molar refractivity (Wildman–Crippen MR) is 88.1 cm³/mol. The van der Waals surface area contributed by atoms with Crippen LogP contribution < -0.4 is 0 Å². The van der Waals surface area contributed by atoms with Crippen LogP contribution in [0.5, 0.6) is 5.75 Å². The lowest BCUT2D eigenvalue weighted by atomic mass is 10.0. The first-order valence-electron chi connectivity index (χ1n) is 7.33. The normalized spacial score (nSPS) is 11.5. The SMILES string of the molecule is CCOP(=O)(Cc1ccc(-c2ccc(O)cc2)cc1)OCC. The summed E-state index contributed by atoms with van der Waals surface area (Å²) < 4.78 is 23.1. The van der Waals surface area contributed by atoms with Crippen LogP contribution in [0.2, 0.25) is 0 Å². The fraction of sp³-hybridized carbons (Fsp3) is 0.294. The van der Waals surface area contributed by atoms with E-state index < -0.39 is 7.60 Å². The summed E-state index contributed by atoms with van der Waals surface area (Å²) in [6, 6.07) is 14.8. The Bertz CT molecular complexity index is 625. The maximum atomic E-state index is 12.5.